The zero-order valence-corrected chi connectivity index (χ0v) is 11.7. The highest BCUT2D eigenvalue weighted by molar-refractivity contribution is 5.96. The molecule has 0 heterocycles. The van der Waals surface area contributed by atoms with Gasteiger partial charge in [-0.05, 0) is 31.9 Å². The van der Waals surface area contributed by atoms with E-state index < -0.39 is 5.97 Å². The summed E-state index contributed by atoms with van der Waals surface area (Å²) in [5.74, 6) is -0.782. The highest BCUT2D eigenvalue weighted by Gasteiger charge is 2.07. The topological polar surface area (TPSA) is 69.7 Å². The number of ketones is 1. The molecule has 108 valence electrons. The van der Waals surface area contributed by atoms with Crippen molar-refractivity contribution in [2.45, 2.75) is 26.7 Å². The minimum Gasteiger partial charge on any atom is -0.466 e. The molecule has 1 rings (SSSR count). The first-order valence-electron chi connectivity index (χ1n) is 6.42. The Bertz CT molecular complexity index is 476. The van der Waals surface area contributed by atoms with Crippen LogP contribution in [0.25, 0.3) is 0 Å². The van der Waals surface area contributed by atoms with E-state index in [0.29, 0.717) is 30.6 Å². The van der Waals surface area contributed by atoms with Crippen LogP contribution in [0.5, 0.6) is 0 Å². The number of ether oxygens (including phenoxy) is 2. The molecule has 0 aliphatic carbocycles. The summed E-state index contributed by atoms with van der Waals surface area (Å²) in [4.78, 5) is 33.3. The lowest BCUT2D eigenvalue weighted by Crippen LogP contribution is -2.08. The molecule has 0 bridgehead atoms. The first-order chi connectivity index (χ1) is 9.50. The van der Waals surface area contributed by atoms with Crippen molar-refractivity contribution in [3.63, 3.8) is 0 Å². The third-order valence-corrected chi connectivity index (χ3v) is 2.60. The monoisotopic (exact) mass is 278 g/mol. The van der Waals surface area contributed by atoms with Crippen LogP contribution in [-0.2, 0) is 14.3 Å². The molecule has 0 aromatic heterocycles. The second-order valence-corrected chi connectivity index (χ2v) is 4.32. The van der Waals surface area contributed by atoms with Gasteiger partial charge in [-0.15, -0.1) is 0 Å². The summed E-state index contributed by atoms with van der Waals surface area (Å²) in [5, 5.41) is 0. The molecule has 20 heavy (non-hydrogen) atoms. The highest BCUT2D eigenvalue weighted by atomic mass is 16.5. The molecule has 1 aromatic carbocycles. The summed E-state index contributed by atoms with van der Waals surface area (Å²) in [6.45, 7) is 3.43. The number of esters is 2. The molecule has 0 aliphatic heterocycles. The maximum atomic E-state index is 11.7. The fraction of sp³-hybridized carbons (Fsp3) is 0.400. The van der Waals surface area contributed by atoms with Gasteiger partial charge in [-0.1, -0.05) is 12.1 Å². The van der Waals surface area contributed by atoms with E-state index >= 15 is 0 Å². The van der Waals surface area contributed by atoms with E-state index in [0.717, 1.165) is 0 Å². The normalized spacial score (nSPS) is 9.90. The minimum atomic E-state index is -0.424. The van der Waals surface area contributed by atoms with Gasteiger partial charge in [0.25, 0.3) is 0 Å². The molecule has 0 unspecified atom stereocenters. The van der Waals surface area contributed by atoms with Crippen LogP contribution in [-0.4, -0.2) is 30.9 Å². The minimum absolute atomic E-state index is 0.0459. The molecule has 0 amide bonds. The van der Waals surface area contributed by atoms with Gasteiger partial charge in [0.2, 0.25) is 0 Å². The van der Waals surface area contributed by atoms with E-state index in [1.807, 2.05) is 0 Å². The van der Waals surface area contributed by atoms with Crippen LogP contribution in [0.3, 0.4) is 0 Å². The predicted octanol–water partition coefficient (Wildman–Crippen LogP) is 2.39. The first kappa shape index (κ1) is 15.9. The lowest BCUT2D eigenvalue weighted by Gasteiger charge is -2.05. The number of benzene rings is 1. The Hall–Kier alpha value is -2.17. The Morgan fingerprint density at radius 1 is 0.850 bits per heavy atom. The van der Waals surface area contributed by atoms with Crippen LogP contribution >= 0.6 is 0 Å². The van der Waals surface area contributed by atoms with Crippen LogP contribution in [0.4, 0.5) is 0 Å². The van der Waals surface area contributed by atoms with Crippen molar-refractivity contribution >= 4 is 17.7 Å². The van der Waals surface area contributed by atoms with Crippen LogP contribution in [0, 0.1) is 0 Å². The summed E-state index contributed by atoms with van der Waals surface area (Å²) in [6.07, 6.45) is 1.28. The molecule has 5 nitrogen and oxygen atoms in total. The quantitative estimate of drug-likeness (QED) is 0.435. The zero-order valence-electron chi connectivity index (χ0n) is 11.7. The second kappa shape index (κ2) is 8.09. The van der Waals surface area contributed by atoms with Gasteiger partial charge >= 0.3 is 11.9 Å². The molecule has 5 heteroatoms. The zero-order chi connectivity index (χ0) is 15.0. The summed E-state index contributed by atoms with van der Waals surface area (Å²) in [7, 11) is 0. The molecular formula is C15H18O5. The number of Topliss-reactive ketones (excluding diaryl/α,β-unsaturated/α-hetero) is 1. The maximum absolute atomic E-state index is 11.7. The van der Waals surface area contributed by atoms with E-state index in [9.17, 15) is 14.4 Å². The van der Waals surface area contributed by atoms with Crippen molar-refractivity contribution < 1.29 is 23.9 Å². The smallest absolute Gasteiger partial charge is 0.338 e. The van der Waals surface area contributed by atoms with Gasteiger partial charge in [0, 0.05) is 12.5 Å². The van der Waals surface area contributed by atoms with E-state index in [2.05, 4.69) is 0 Å². The van der Waals surface area contributed by atoms with Crippen molar-refractivity contribution in [3.8, 4) is 0 Å². The van der Waals surface area contributed by atoms with Crippen molar-refractivity contribution in [1.29, 1.82) is 0 Å². The third kappa shape index (κ3) is 5.65. The number of rotatable bonds is 7. The Kier molecular flexibility index (Phi) is 6.43. The molecule has 0 saturated heterocycles. The summed E-state index contributed by atoms with van der Waals surface area (Å²) in [5.41, 5.74) is 0.970. The van der Waals surface area contributed by atoms with Crippen LogP contribution in [0.1, 0.15) is 47.4 Å². The van der Waals surface area contributed by atoms with E-state index in [1.54, 1.807) is 24.3 Å². The Labute approximate surface area is 117 Å². The average molecular weight is 278 g/mol. The average Bonchev–Trinajstić information content (AvgIpc) is 2.42. The lowest BCUT2D eigenvalue weighted by molar-refractivity contribution is -0.141. The maximum Gasteiger partial charge on any atom is 0.338 e. The van der Waals surface area contributed by atoms with E-state index in [1.165, 1.54) is 13.8 Å². The van der Waals surface area contributed by atoms with E-state index in [4.69, 9.17) is 9.47 Å². The fourth-order valence-corrected chi connectivity index (χ4v) is 1.51. The molecule has 0 saturated carbocycles. The van der Waals surface area contributed by atoms with Crippen LogP contribution in [0.2, 0.25) is 0 Å². The molecule has 1 aromatic rings. The third-order valence-electron chi connectivity index (χ3n) is 2.60. The molecule has 0 atom stereocenters. The van der Waals surface area contributed by atoms with Gasteiger partial charge < -0.3 is 9.47 Å². The number of hydrogen-bond acceptors (Lipinski definition) is 5. The largest absolute Gasteiger partial charge is 0.466 e. The summed E-state index contributed by atoms with van der Waals surface area (Å²) < 4.78 is 9.83. The van der Waals surface area contributed by atoms with E-state index in [-0.39, 0.29) is 18.4 Å². The molecule has 0 N–H and O–H groups in total. The van der Waals surface area contributed by atoms with Gasteiger partial charge in [0.05, 0.1) is 18.8 Å². The summed E-state index contributed by atoms with van der Waals surface area (Å²) >= 11 is 0. The standard InChI is InChI=1S/C15H18O5/c1-11(16)13-5-7-14(8-6-13)15(18)20-10-4-3-9-19-12(2)17/h5-8H,3-4,9-10H2,1-2H3. The highest BCUT2D eigenvalue weighted by Crippen LogP contribution is 2.07. The van der Waals surface area contributed by atoms with Crippen LogP contribution in [0.15, 0.2) is 24.3 Å². The fourth-order valence-electron chi connectivity index (χ4n) is 1.51. The Morgan fingerprint density at radius 2 is 1.35 bits per heavy atom. The van der Waals surface area contributed by atoms with Crippen molar-refractivity contribution in [3.05, 3.63) is 35.4 Å². The second-order valence-electron chi connectivity index (χ2n) is 4.32. The number of unbranched alkanes of at least 4 members (excludes halogenated alkanes) is 1. The Balaban J connectivity index is 2.29. The lowest BCUT2D eigenvalue weighted by atomic mass is 10.1. The van der Waals surface area contributed by atoms with Crippen molar-refractivity contribution in [1.82, 2.24) is 0 Å². The van der Waals surface area contributed by atoms with Gasteiger partial charge in [-0.2, -0.15) is 0 Å². The molecular weight excluding hydrogens is 260 g/mol. The molecule has 0 aliphatic rings. The molecule has 0 spiro atoms. The molecule has 0 fully saturated rings. The van der Waals surface area contributed by atoms with Crippen molar-refractivity contribution in [2.75, 3.05) is 13.2 Å². The SMILES string of the molecule is CC(=O)OCCCCOC(=O)c1ccc(C(C)=O)cc1. The molecule has 0 radical (unpaired) electrons. The number of hydrogen-bond donors (Lipinski definition) is 0. The van der Waals surface area contributed by atoms with Gasteiger partial charge in [0.1, 0.15) is 0 Å². The van der Waals surface area contributed by atoms with Gasteiger partial charge in [-0.25, -0.2) is 4.79 Å². The van der Waals surface area contributed by atoms with Crippen LogP contribution < -0.4 is 0 Å². The summed E-state index contributed by atoms with van der Waals surface area (Å²) in [6, 6.07) is 6.33. The van der Waals surface area contributed by atoms with Crippen molar-refractivity contribution in [2.24, 2.45) is 0 Å². The Morgan fingerprint density at radius 3 is 1.85 bits per heavy atom. The first-order valence-corrected chi connectivity index (χ1v) is 6.42. The predicted molar refractivity (Wildman–Crippen MR) is 72.6 cm³/mol. The van der Waals surface area contributed by atoms with Gasteiger partial charge in [-0.3, -0.25) is 9.59 Å². The number of carbonyl (C=O) groups is 3. The number of carbonyl (C=O) groups excluding carboxylic acids is 3. The van der Waals surface area contributed by atoms with Gasteiger partial charge in [0.15, 0.2) is 5.78 Å².